The number of nitrogens with one attached hydrogen (secondary N) is 1. The predicted molar refractivity (Wildman–Crippen MR) is 136 cm³/mol. The Balaban J connectivity index is 1.66. The molecule has 0 aliphatic rings. The number of aryl methyl sites for hydroxylation is 3. The number of hydrogen-bond acceptors (Lipinski definition) is 7. The molecule has 190 valence electrons. The molecule has 0 radical (unpaired) electrons. The largest absolute Gasteiger partial charge is 0.487 e. The molecule has 10 heteroatoms. The first-order valence-corrected chi connectivity index (χ1v) is 13.0. The van der Waals surface area contributed by atoms with Crippen molar-refractivity contribution in [2.75, 3.05) is 10.8 Å². The summed E-state index contributed by atoms with van der Waals surface area (Å²) >= 11 is 0. The van der Waals surface area contributed by atoms with Gasteiger partial charge in [0.05, 0.1) is 5.69 Å². The van der Waals surface area contributed by atoms with Gasteiger partial charge in [-0.05, 0) is 67.6 Å². The molecule has 0 saturated heterocycles. The van der Waals surface area contributed by atoms with E-state index in [1.165, 1.54) is 10.4 Å². The number of aromatic nitrogens is 2. The van der Waals surface area contributed by atoms with E-state index in [4.69, 9.17) is 9.15 Å². The van der Waals surface area contributed by atoms with Crippen LogP contribution in [-0.2, 0) is 16.6 Å². The fourth-order valence-corrected chi connectivity index (χ4v) is 5.27. The maximum absolute atomic E-state index is 13.6. The first-order chi connectivity index (χ1) is 17.0. The van der Waals surface area contributed by atoms with Crippen molar-refractivity contribution >= 4 is 15.7 Å². The highest BCUT2D eigenvalue weighted by atomic mass is 32.2. The van der Waals surface area contributed by atoms with Crippen LogP contribution in [0.25, 0.3) is 11.4 Å². The summed E-state index contributed by atoms with van der Waals surface area (Å²) in [5, 5.41) is 3.58. The molecule has 0 aliphatic heterocycles. The van der Waals surface area contributed by atoms with Crippen molar-refractivity contribution < 1.29 is 22.1 Å². The summed E-state index contributed by atoms with van der Waals surface area (Å²) < 4.78 is 44.8. The third kappa shape index (κ3) is 5.38. The Morgan fingerprint density at radius 2 is 1.72 bits per heavy atom. The van der Waals surface area contributed by atoms with Crippen LogP contribution in [0, 0.1) is 26.7 Å². The van der Waals surface area contributed by atoms with Crippen LogP contribution >= 0.6 is 0 Å². The minimum atomic E-state index is -3.96. The molecule has 2 aromatic heterocycles. The molecule has 36 heavy (non-hydrogen) atoms. The predicted octanol–water partition coefficient (Wildman–Crippen LogP) is 4.98. The normalized spacial score (nSPS) is 11.7. The molecule has 0 spiro atoms. The Bertz CT molecular complexity index is 1510. The third-order valence-corrected chi connectivity index (χ3v) is 7.35. The second-order valence-electron chi connectivity index (χ2n) is 9.13. The Hall–Kier alpha value is -3.79. The third-order valence-electron chi connectivity index (χ3n) is 5.70. The summed E-state index contributed by atoms with van der Waals surface area (Å²) in [6, 6.07) is 14.1. The number of hydrogen-bond donors (Lipinski definition) is 1. The zero-order valence-corrected chi connectivity index (χ0v) is 21.7. The molecule has 9 nitrogen and oxygen atoms in total. The Morgan fingerprint density at radius 1 is 1.03 bits per heavy atom. The number of rotatable bonds is 9. The van der Waals surface area contributed by atoms with Gasteiger partial charge in [0, 0.05) is 12.1 Å². The molecule has 2 aromatic carbocycles. The van der Waals surface area contributed by atoms with Crippen LogP contribution in [0.5, 0.6) is 5.75 Å². The van der Waals surface area contributed by atoms with E-state index in [1.807, 2.05) is 52.0 Å². The highest BCUT2D eigenvalue weighted by Gasteiger charge is 2.31. The molecule has 0 atom stereocenters. The zero-order chi connectivity index (χ0) is 26.0. The molecule has 4 aromatic rings. The standard InChI is InChI=1S/C26H29N3O6S/c1-16(2)14-29(36(31,32)24-11-6-19(5)34-24)22-12-17(3)18(4)13-23(22)33-15-20-7-9-21(10-8-20)25-27-26(30)35-28-25/h6-13,16H,14-15H2,1-5H3,(H,27,28,30). The zero-order valence-electron chi connectivity index (χ0n) is 20.9. The van der Waals surface area contributed by atoms with Gasteiger partial charge in [-0.25, -0.2) is 4.79 Å². The SMILES string of the molecule is Cc1ccc(S(=O)(=O)N(CC(C)C)c2cc(C)c(C)cc2OCc2ccc(-c3noc(=O)[nH]3)cc2)o1. The van der Waals surface area contributed by atoms with Crippen LogP contribution in [0.4, 0.5) is 5.69 Å². The van der Waals surface area contributed by atoms with Gasteiger partial charge in [0.15, 0.2) is 5.82 Å². The van der Waals surface area contributed by atoms with Crippen LogP contribution in [0.15, 0.2) is 67.4 Å². The van der Waals surface area contributed by atoms with Crippen molar-refractivity contribution in [3.05, 3.63) is 81.5 Å². The van der Waals surface area contributed by atoms with Crippen LogP contribution in [0.3, 0.4) is 0 Å². The first-order valence-electron chi connectivity index (χ1n) is 11.5. The number of furan rings is 1. The van der Waals surface area contributed by atoms with E-state index in [0.717, 1.165) is 16.7 Å². The van der Waals surface area contributed by atoms with Gasteiger partial charge in [-0.1, -0.05) is 43.3 Å². The number of aromatic amines is 1. The van der Waals surface area contributed by atoms with Crippen LogP contribution < -0.4 is 14.8 Å². The quantitative estimate of drug-likeness (QED) is 0.337. The van der Waals surface area contributed by atoms with E-state index < -0.39 is 15.8 Å². The number of H-pyrrole nitrogens is 1. The average molecular weight is 512 g/mol. The van der Waals surface area contributed by atoms with Gasteiger partial charge in [0.25, 0.3) is 10.0 Å². The smallest absolute Gasteiger partial charge is 0.439 e. The fourth-order valence-electron chi connectivity index (χ4n) is 3.68. The number of benzene rings is 2. The lowest BCUT2D eigenvalue weighted by molar-refractivity contribution is 0.306. The Labute approximate surface area is 209 Å². The lowest BCUT2D eigenvalue weighted by Crippen LogP contribution is -2.34. The molecular formula is C26H29N3O6S. The number of sulfonamides is 1. The summed E-state index contributed by atoms with van der Waals surface area (Å²) in [5.74, 6) is 0.751. The van der Waals surface area contributed by atoms with Gasteiger partial charge in [-0.3, -0.25) is 13.8 Å². The summed E-state index contributed by atoms with van der Waals surface area (Å²) in [6.07, 6.45) is 0. The van der Waals surface area contributed by atoms with Gasteiger partial charge in [0.2, 0.25) is 5.09 Å². The molecule has 4 rings (SSSR count). The lowest BCUT2D eigenvalue weighted by Gasteiger charge is -2.28. The van der Waals surface area contributed by atoms with Gasteiger partial charge in [-0.2, -0.15) is 8.42 Å². The minimum absolute atomic E-state index is 0.0563. The van der Waals surface area contributed by atoms with Crippen molar-refractivity contribution in [1.82, 2.24) is 10.1 Å². The van der Waals surface area contributed by atoms with Crippen molar-refractivity contribution in [2.24, 2.45) is 5.92 Å². The molecule has 0 aliphatic carbocycles. The van der Waals surface area contributed by atoms with E-state index in [0.29, 0.717) is 28.6 Å². The summed E-state index contributed by atoms with van der Waals surface area (Å²) in [4.78, 5) is 13.7. The molecule has 0 fully saturated rings. The van der Waals surface area contributed by atoms with E-state index >= 15 is 0 Å². The van der Waals surface area contributed by atoms with Gasteiger partial charge >= 0.3 is 5.76 Å². The van der Waals surface area contributed by atoms with E-state index in [9.17, 15) is 13.2 Å². The topological polar surface area (TPSA) is 119 Å². The minimum Gasteiger partial charge on any atom is -0.487 e. The summed E-state index contributed by atoms with van der Waals surface area (Å²) in [6.45, 7) is 9.99. The van der Waals surface area contributed by atoms with Crippen molar-refractivity contribution in [1.29, 1.82) is 0 Å². The van der Waals surface area contributed by atoms with Gasteiger partial charge in [-0.15, -0.1) is 0 Å². The molecule has 2 heterocycles. The van der Waals surface area contributed by atoms with Gasteiger partial charge in [0.1, 0.15) is 18.1 Å². The molecule has 0 amide bonds. The fraction of sp³-hybridized carbons (Fsp3) is 0.308. The van der Waals surface area contributed by atoms with Crippen molar-refractivity contribution in [2.45, 2.75) is 46.3 Å². The summed E-state index contributed by atoms with van der Waals surface area (Å²) in [7, 11) is -3.96. The molecular weight excluding hydrogens is 482 g/mol. The molecule has 1 N–H and O–H groups in total. The molecule has 0 unspecified atom stereocenters. The number of ether oxygens (including phenoxy) is 1. The van der Waals surface area contributed by atoms with E-state index in [-0.39, 0.29) is 24.2 Å². The number of nitrogens with zero attached hydrogens (tertiary/aromatic N) is 2. The average Bonchev–Trinajstić information content (AvgIpc) is 3.47. The second-order valence-corrected chi connectivity index (χ2v) is 10.9. The van der Waals surface area contributed by atoms with E-state index in [2.05, 4.69) is 14.7 Å². The van der Waals surface area contributed by atoms with Crippen molar-refractivity contribution in [3.63, 3.8) is 0 Å². The highest BCUT2D eigenvalue weighted by Crippen LogP contribution is 2.36. The van der Waals surface area contributed by atoms with Crippen molar-refractivity contribution in [3.8, 4) is 17.1 Å². The maximum Gasteiger partial charge on any atom is 0.439 e. The molecule has 0 saturated carbocycles. The van der Waals surface area contributed by atoms with Crippen LogP contribution in [-0.4, -0.2) is 25.1 Å². The maximum atomic E-state index is 13.6. The van der Waals surface area contributed by atoms with Crippen LogP contribution in [0.2, 0.25) is 0 Å². The highest BCUT2D eigenvalue weighted by molar-refractivity contribution is 7.92. The first kappa shape index (κ1) is 25.3. The Morgan fingerprint density at radius 3 is 2.31 bits per heavy atom. The lowest BCUT2D eigenvalue weighted by atomic mass is 10.1. The van der Waals surface area contributed by atoms with Crippen LogP contribution in [0.1, 0.15) is 36.3 Å². The molecule has 0 bridgehead atoms. The Kier molecular flexibility index (Phi) is 7.07. The summed E-state index contributed by atoms with van der Waals surface area (Å²) in [5.41, 5.74) is 3.93. The van der Waals surface area contributed by atoms with E-state index in [1.54, 1.807) is 25.1 Å². The number of anilines is 1. The monoisotopic (exact) mass is 511 g/mol. The second kappa shape index (κ2) is 10.1. The van der Waals surface area contributed by atoms with Gasteiger partial charge < -0.3 is 9.15 Å².